The van der Waals surface area contributed by atoms with Crippen molar-refractivity contribution in [2.24, 2.45) is 40.4 Å². The van der Waals surface area contributed by atoms with E-state index in [0.29, 0.717) is 35.8 Å². The van der Waals surface area contributed by atoms with Crippen LogP contribution < -0.4 is 31.1 Å². The summed E-state index contributed by atoms with van der Waals surface area (Å²) in [6.45, 7) is 14.3. The first kappa shape index (κ1) is 61.2. The summed E-state index contributed by atoms with van der Waals surface area (Å²) in [5, 5.41) is 0. The lowest BCUT2D eigenvalue weighted by Crippen LogP contribution is -2.61. The predicted octanol–water partition coefficient (Wildman–Crippen LogP) is 23.4. The third kappa shape index (κ3) is 9.96. The van der Waals surface area contributed by atoms with Gasteiger partial charge in [-0.3, -0.25) is 0 Å². The molecule has 490 valence electrons. The van der Waals surface area contributed by atoms with Crippen LogP contribution in [0.25, 0.3) is 61.2 Å². The molecule has 10 aromatic rings. The Hall–Kier alpha value is -9.90. The highest BCUT2D eigenvalue weighted by Crippen LogP contribution is 2.60. The molecular formula is C96H88BN3. The van der Waals surface area contributed by atoms with Crippen LogP contribution in [0.3, 0.4) is 0 Å². The molecule has 3 aliphatic heterocycles. The van der Waals surface area contributed by atoms with E-state index in [1.807, 2.05) is 0 Å². The Morgan fingerprint density at radius 3 is 1.33 bits per heavy atom. The molecule has 19 rings (SSSR count). The van der Waals surface area contributed by atoms with Crippen molar-refractivity contribution in [3.8, 4) is 55.6 Å². The quantitative estimate of drug-likeness (QED) is 0.133. The van der Waals surface area contributed by atoms with Crippen molar-refractivity contribution in [3.63, 3.8) is 0 Å². The highest BCUT2D eigenvalue weighted by atomic mass is 15.3. The first-order valence-electron chi connectivity index (χ1n) is 37.6. The number of rotatable bonds is 9. The second-order valence-electron chi connectivity index (χ2n) is 32.4. The summed E-state index contributed by atoms with van der Waals surface area (Å²) in [5.74, 6) is 2.48. The Morgan fingerprint density at radius 2 is 0.850 bits per heavy atom. The predicted molar refractivity (Wildman–Crippen MR) is 424 cm³/mol. The molecule has 3 nitrogen and oxygen atoms in total. The van der Waals surface area contributed by atoms with Crippen molar-refractivity contribution in [1.29, 1.82) is 0 Å². The van der Waals surface area contributed by atoms with Crippen LogP contribution in [-0.4, -0.2) is 18.8 Å². The minimum absolute atomic E-state index is 0.0485. The molecule has 7 atom stereocenters. The molecule has 6 aliphatic carbocycles. The number of para-hydroxylation sites is 2. The summed E-state index contributed by atoms with van der Waals surface area (Å²) in [7, 11) is 0. The van der Waals surface area contributed by atoms with Gasteiger partial charge in [0.15, 0.2) is 0 Å². The number of fused-ring (bicyclic) bond motifs is 7. The molecule has 0 amide bonds. The Balaban J connectivity index is 0.971. The lowest BCUT2D eigenvalue weighted by atomic mass is 9.33. The standard InChI is InChI=1S/C96H88BN3/c1-95(2,3)71-52-68-46-47-69-53-72(96(4,5)6)58-81-80(55-70(54-71)90(68)91(69)81)67-49-51-87-83(57-67)97-82-56-66(61-28-12-7-13-29-61)48-50-86(82)99(93-74(62-30-14-8-15-31-62)40-26-41-75(93)63-32-16-9-17-33-63)88-59-73(98-84-44-24-22-38-78(84)79-39-23-25-45-85(79)98)60-89(92(88)97)100(87)94-76(64-34-18-10-19-35-64)42-27-43-77(94)65-36-20-11-21-37-65/h7-21,26-37,40-43,46-51,53-60,68,78-79,84-85,90-91H,22-25,38-39,44-45,52H2,1-6H3. The van der Waals surface area contributed by atoms with Crippen LogP contribution in [-0.2, 0) is 0 Å². The second kappa shape index (κ2) is 23.9. The van der Waals surface area contributed by atoms with Crippen LogP contribution in [0.4, 0.5) is 39.8 Å². The van der Waals surface area contributed by atoms with Gasteiger partial charge < -0.3 is 14.7 Å². The van der Waals surface area contributed by atoms with Crippen molar-refractivity contribution in [3.05, 3.63) is 306 Å². The van der Waals surface area contributed by atoms with Crippen LogP contribution in [0.2, 0.25) is 0 Å². The summed E-state index contributed by atoms with van der Waals surface area (Å²) in [4.78, 5) is 8.66. The van der Waals surface area contributed by atoms with E-state index in [1.165, 1.54) is 197 Å². The smallest absolute Gasteiger partial charge is 0.252 e. The van der Waals surface area contributed by atoms with Gasteiger partial charge in [0.25, 0.3) is 6.71 Å². The molecule has 3 fully saturated rings. The molecule has 0 radical (unpaired) electrons. The molecule has 3 heterocycles. The number of allylic oxidation sites excluding steroid dienone is 12. The van der Waals surface area contributed by atoms with Gasteiger partial charge >= 0.3 is 0 Å². The van der Waals surface area contributed by atoms with E-state index in [-0.39, 0.29) is 23.5 Å². The van der Waals surface area contributed by atoms with Crippen LogP contribution in [0.1, 0.15) is 105 Å². The van der Waals surface area contributed by atoms with E-state index in [1.54, 1.807) is 5.57 Å². The number of hydrogen-bond acceptors (Lipinski definition) is 3. The highest BCUT2D eigenvalue weighted by molar-refractivity contribution is 7.00. The first-order chi connectivity index (χ1) is 48.9. The van der Waals surface area contributed by atoms with Gasteiger partial charge in [0, 0.05) is 74.6 Å². The average Bonchev–Trinajstić information content (AvgIpc) is 0.775. The monoisotopic (exact) mass is 1290 g/mol. The van der Waals surface area contributed by atoms with Crippen molar-refractivity contribution in [2.75, 3.05) is 14.7 Å². The average molecular weight is 1290 g/mol. The highest BCUT2D eigenvalue weighted by Gasteiger charge is 2.53. The third-order valence-electron chi connectivity index (χ3n) is 24.8. The Morgan fingerprint density at radius 1 is 0.390 bits per heavy atom. The Labute approximate surface area is 593 Å². The molecule has 7 unspecified atom stereocenters. The van der Waals surface area contributed by atoms with Gasteiger partial charge in [-0.2, -0.15) is 0 Å². The van der Waals surface area contributed by atoms with Gasteiger partial charge in [-0.25, -0.2) is 0 Å². The van der Waals surface area contributed by atoms with Crippen LogP contribution in [0.15, 0.2) is 301 Å². The number of anilines is 7. The molecule has 10 aromatic carbocycles. The van der Waals surface area contributed by atoms with Gasteiger partial charge in [-0.05, 0) is 168 Å². The summed E-state index contributed by atoms with van der Waals surface area (Å²) < 4.78 is 0. The molecule has 1 saturated heterocycles. The fraction of sp³-hybridized carbons (Fsp3) is 0.250. The third-order valence-corrected chi connectivity index (χ3v) is 24.8. The molecule has 0 bridgehead atoms. The van der Waals surface area contributed by atoms with Crippen LogP contribution in [0.5, 0.6) is 0 Å². The zero-order valence-corrected chi connectivity index (χ0v) is 58.8. The van der Waals surface area contributed by atoms with E-state index in [0.717, 1.165) is 6.42 Å². The fourth-order valence-electron chi connectivity index (χ4n) is 20.2. The summed E-state index contributed by atoms with van der Waals surface area (Å²) in [6.07, 6.45) is 27.1. The van der Waals surface area contributed by atoms with Gasteiger partial charge in [0.05, 0.1) is 11.4 Å². The molecule has 4 heteroatoms. The summed E-state index contributed by atoms with van der Waals surface area (Å²) in [6, 6.07) is 92.3. The van der Waals surface area contributed by atoms with Gasteiger partial charge in [0.2, 0.25) is 0 Å². The molecule has 9 aliphatic rings. The normalized spacial score (nSPS) is 22.3. The maximum atomic E-state index is 3.06. The number of nitrogens with zero attached hydrogens (tertiary/aromatic N) is 3. The molecule has 2 saturated carbocycles. The lowest BCUT2D eigenvalue weighted by Gasteiger charge is -2.48. The maximum Gasteiger partial charge on any atom is 0.252 e. The Bertz CT molecular complexity index is 4960. The van der Waals surface area contributed by atoms with Crippen LogP contribution >= 0.6 is 0 Å². The zero-order valence-electron chi connectivity index (χ0n) is 58.8. The van der Waals surface area contributed by atoms with E-state index in [9.17, 15) is 0 Å². The second-order valence-corrected chi connectivity index (χ2v) is 32.4. The topological polar surface area (TPSA) is 9.72 Å². The van der Waals surface area contributed by atoms with Crippen molar-refractivity contribution in [2.45, 2.75) is 111 Å². The summed E-state index contributed by atoms with van der Waals surface area (Å²) in [5.41, 5.74) is 34.8. The molecule has 0 spiro atoms. The Kier molecular flexibility index (Phi) is 14.6. The summed E-state index contributed by atoms with van der Waals surface area (Å²) >= 11 is 0. The van der Waals surface area contributed by atoms with E-state index >= 15 is 0 Å². The minimum Gasteiger partial charge on any atom is -0.365 e. The lowest BCUT2D eigenvalue weighted by molar-refractivity contribution is 0.231. The van der Waals surface area contributed by atoms with Crippen LogP contribution in [0, 0.1) is 40.4 Å². The van der Waals surface area contributed by atoms with Crippen molar-refractivity contribution < 1.29 is 0 Å². The number of hydrogen-bond donors (Lipinski definition) is 0. The fourth-order valence-corrected chi connectivity index (χ4v) is 20.2. The van der Waals surface area contributed by atoms with Gasteiger partial charge in [-0.1, -0.05) is 322 Å². The van der Waals surface area contributed by atoms with Gasteiger partial charge in [0.1, 0.15) is 0 Å². The van der Waals surface area contributed by atoms with E-state index in [4.69, 9.17) is 0 Å². The molecule has 0 N–H and O–H groups in total. The SMILES string of the molecule is CC(C)(C)C1=CC2=C(c3ccc4c(c3)B3c5cc(-c6ccccc6)ccc5N(c5c(-c6ccccc6)cccc5-c5ccccc5)c5cc(N6C7CCCCC7C7CCCCC76)cc(c53)N4c3c(-c4ccccc4)cccc3-c3ccccc3)C=C3C=C(C(C)(C)C)CC4C=CC(=C1)C2C34. The first-order valence-corrected chi connectivity index (χ1v) is 37.6. The van der Waals surface area contributed by atoms with Gasteiger partial charge in [-0.15, -0.1) is 0 Å². The zero-order chi connectivity index (χ0) is 67.1. The number of benzene rings is 10. The molecular weight excluding hydrogens is 1210 g/mol. The minimum atomic E-state index is -0.183. The van der Waals surface area contributed by atoms with Crippen molar-refractivity contribution in [1.82, 2.24) is 0 Å². The van der Waals surface area contributed by atoms with Crippen molar-refractivity contribution >= 4 is 68.5 Å². The van der Waals surface area contributed by atoms with E-state index in [2.05, 4.69) is 329 Å². The molecule has 0 aromatic heterocycles. The maximum absolute atomic E-state index is 3.06. The largest absolute Gasteiger partial charge is 0.365 e. The van der Waals surface area contributed by atoms with E-state index < -0.39 is 0 Å². The molecule has 100 heavy (non-hydrogen) atoms.